The van der Waals surface area contributed by atoms with Crippen molar-refractivity contribution in [1.29, 1.82) is 0 Å². The summed E-state index contributed by atoms with van der Waals surface area (Å²) in [6.07, 6.45) is 0.344. The number of alkyl carbamates (subject to hydrolysis) is 1. The van der Waals surface area contributed by atoms with Gasteiger partial charge >= 0.3 is 12.1 Å². The van der Waals surface area contributed by atoms with E-state index < -0.39 is 18.1 Å². The number of carboxylic acids is 1. The van der Waals surface area contributed by atoms with E-state index in [1.165, 1.54) is 12.3 Å². The highest BCUT2D eigenvalue weighted by Crippen LogP contribution is 2.44. The molecule has 4 rings (SSSR count). The molecule has 0 spiro atoms. The van der Waals surface area contributed by atoms with Gasteiger partial charge in [0.05, 0.1) is 10.7 Å². The second-order valence-corrected chi connectivity index (χ2v) is 8.05. The van der Waals surface area contributed by atoms with Gasteiger partial charge in [-0.05, 0) is 44.3 Å². The van der Waals surface area contributed by atoms with E-state index in [1.54, 1.807) is 0 Å². The minimum absolute atomic E-state index is 0.0554. The number of hydrogen-bond donors (Lipinski definition) is 3. The minimum atomic E-state index is -1.22. The number of benzene rings is 2. The Morgan fingerprint density at radius 2 is 1.71 bits per heavy atom. The average molecular weight is 483 g/mol. The third-order valence-electron chi connectivity index (χ3n) is 5.24. The van der Waals surface area contributed by atoms with E-state index in [0.717, 1.165) is 22.3 Å². The molecule has 1 unspecified atom stereocenters. The molecule has 31 heavy (non-hydrogen) atoms. The Morgan fingerprint density at radius 1 is 1.10 bits per heavy atom. The van der Waals surface area contributed by atoms with Crippen LogP contribution in [0.3, 0.4) is 0 Å². The Labute approximate surface area is 186 Å². The van der Waals surface area contributed by atoms with Gasteiger partial charge in [-0.15, -0.1) is 0 Å². The molecule has 0 saturated carbocycles. The molecule has 0 fully saturated rings. The van der Waals surface area contributed by atoms with Crippen LogP contribution >= 0.6 is 15.9 Å². The number of aromatic hydroxyl groups is 1. The number of halogens is 1. The lowest BCUT2D eigenvalue weighted by atomic mass is 9.98. The lowest BCUT2D eigenvalue weighted by Gasteiger charge is -2.17. The molecule has 1 aliphatic rings. The standard InChI is InChI=1S/C23H19BrN2O5/c24-19-9-13(25-11-21(19)27)10-20(22(28)29)26-23(30)31-12-18-16-7-3-1-5-14(16)15-6-2-4-8-17(15)18/h1-9,11,18,20,27H,10,12H2,(H,26,30)(H,28,29). The maximum absolute atomic E-state index is 12.4. The summed E-state index contributed by atoms with van der Waals surface area (Å²) in [5.41, 5.74) is 4.77. The van der Waals surface area contributed by atoms with Crippen molar-refractivity contribution in [3.63, 3.8) is 0 Å². The molecule has 8 heteroatoms. The first-order chi connectivity index (χ1) is 14.9. The van der Waals surface area contributed by atoms with E-state index in [1.807, 2.05) is 48.5 Å². The number of pyridine rings is 1. The van der Waals surface area contributed by atoms with Crippen LogP contribution in [-0.2, 0) is 16.0 Å². The molecule has 0 saturated heterocycles. The fraction of sp³-hybridized carbons (Fsp3) is 0.174. The fourth-order valence-corrected chi connectivity index (χ4v) is 4.13. The first-order valence-corrected chi connectivity index (χ1v) is 10.4. The molecule has 0 radical (unpaired) electrons. The fourth-order valence-electron chi connectivity index (χ4n) is 3.77. The maximum Gasteiger partial charge on any atom is 0.407 e. The summed E-state index contributed by atoms with van der Waals surface area (Å²) in [7, 11) is 0. The van der Waals surface area contributed by atoms with E-state index >= 15 is 0 Å². The zero-order valence-electron chi connectivity index (χ0n) is 16.3. The first kappa shape index (κ1) is 20.9. The number of carbonyl (C=O) groups is 2. The highest BCUT2D eigenvalue weighted by molar-refractivity contribution is 9.10. The molecule has 1 aliphatic carbocycles. The van der Waals surface area contributed by atoms with Crippen LogP contribution in [-0.4, -0.2) is 39.9 Å². The van der Waals surface area contributed by atoms with Gasteiger partial charge in [-0.25, -0.2) is 9.59 Å². The number of carbonyl (C=O) groups excluding carboxylic acids is 1. The molecular weight excluding hydrogens is 464 g/mol. The summed E-state index contributed by atoms with van der Waals surface area (Å²) < 4.78 is 5.81. The zero-order valence-corrected chi connectivity index (χ0v) is 17.9. The zero-order chi connectivity index (χ0) is 22.0. The average Bonchev–Trinajstić information content (AvgIpc) is 3.08. The minimum Gasteiger partial charge on any atom is -0.505 e. The van der Waals surface area contributed by atoms with Crippen molar-refractivity contribution < 1.29 is 24.5 Å². The molecule has 7 nitrogen and oxygen atoms in total. The second-order valence-electron chi connectivity index (χ2n) is 7.19. The highest BCUT2D eigenvalue weighted by atomic mass is 79.9. The van der Waals surface area contributed by atoms with Gasteiger partial charge in [0, 0.05) is 18.0 Å². The van der Waals surface area contributed by atoms with Crippen molar-refractivity contribution in [3.05, 3.63) is 82.1 Å². The van der Waals surface area contributed by atoms with E-state index in [0.29, 0.717) is 10.2 Å². The Hall–Kier alpha value is -3.39. The number of aromatic nitrogens is 1. The van der Waals surface area contributed by atoms with Gasteiger partial charge in [0.15, 0.2) is 0 Å². The first-order valence-electron chi connectivity index (χ1n) is 9.61. The summed E-state index contributed by atoms with van der Waals surface area (Å²) in [6, 6.07) is 16.2. The number of carboxylic acid groups (broad SMARTS) is 1. The summed E-state index contributed by atoms with van der Waals surface area (Å²) in [5.74, 6) is -1.38. The van der Waals surface area contributed by atoms with E-state index in [-0.39, 0.29) is 24.7 Å². The number of rotatable bonds is 6. The van der Waals surface area contributed by atoms with Crippen LogP contribution in [0.2, 0.25) is 0 Å². The molecule has 2 aromatic carbocycles. The van der Waals surface area contributed by atoms with Gasteiger partial charge in [0.2, 0.25) is 0 Å². The number of ether oxygens (including phenoxy) is 1. The third kappa shape index (κ3) is 4.39. The van der Waals surface area contributed by atoms with Crippen molar-refractivity contribution in [2.24, 2.45) is 0 Å². The predicted octanol–water partition coefficient (Wildman–Crippen LogP) is 4.08. The van der Waals surface area contributed by atoms with Crippen molar-refractivity contribution >= 4 is 28.0 Å². The highest BCUT2D eigenvalue weighted by Gasteiger charge is 2.30. The quantitative estimate of drug-likeness (QED) is 0.488. The lowest BCUT2D eigenvalue weighted by Crippen LogP contribution is -2.43. The molecule has 158 valence electrons. The summed E-state index contributed by atoms with van der Waals surface area (Å²) in [6.45, 7) is 0.0925. The molecule has 1 atom stereocenters. The SMILES string of the molecule is O=C(NC(Cc1cc(Br)c(O)cn1)C(=O)O)OCC1c2ccccc2-c2ccccc21. The van der Waals surface area contributed by atoms with E-state index in [4.69, 9.17) is 4.74 Å². The number of aliphatic carboxylic acids is 1. The summed E-state index contributed by atoms with van der Waals surface area (Å²) in [4.78, 5) is 28.0. The van der Waals surface area contributed by atoms with Gasteiger partial charge in [-0.2, -0.15) is 0 Å². The number of nitrogens with one attached hydrogen (secondary N) is 1. The monoisotopic (exact) mass is 482 g/mol. The Bertz CT molecular complexity index is 1100. The van der Waals surface area contributed by atoms with Crippen LogP contribution in [0, 0.1) is 0 Å². The number of hydrogen-bond acceptors (Lipinski definition) is 5. The van der Waals surface area contributed by atoms with Gasteiger partial charge in [-0.3, -0.25) is 4.98 Å². The molecule has 1 aromatic heterocycles. The predicted molar refractivity (Wildman–Crippen MR) is 117 cm³/mol. The van der Waals surface area contributed by atoms with Gasteiger partial charge in [0.1, 0.15) is 18.4 Å². The second kappa shape index (κ2) is 8.77. The van der Waals surface area contributed by atoms with Gasteiger partial charge in [0.25, 0.3) is 0 Å². The van der Waals surface area contributed by atoms with Crippen molar-refractivity contribution in [3.8, 4) is 16.9 Å². The number of fused-ring (bicyclic) bond motifs is 3. The molecule has 0 aliphatic heterocycles. The van der Waals surface area contributed by atoms with Crippen LogP contribution in [0.5, 0.6) is 5.75 Å². The molecule has 0 bridgehead atoms. The van der Waals surface area contributed by atoms with Crippen LogP contribution < -0.4 is 5.32 Å². The van der Waals surface area contributed by atoms with E-state index in [9.17, 15) is 19.8 Å². The Kier molecular flexibility index (Phi) is 5.90. The molecular formula is C23H19BrN2O5. The normalized spacial score (nSPS) is 13.2. The number of nitrogens with zero attached hydrogens (tertiary/aromatic N) is 1. The maximum atomic E-state index is 12.4. The molecule has 3 N–H and O–H groups in total. The lowest BCUT2D eigenvalue weighted by molar-refractivity contribution is -0.139. The van der Waals surface area contributed by atoms with E-state index in [2.05, 4.69) is 26.2 Å². The Balaban J connectivity index is 1.43. The van der Waals surface area contributed by atoms with Crippen molar-refractivity contribution in [2.45, 2.75) is 18.4 Å². The third-order valence-corrected chi connectivity index (χ3v) is 5.87. The van der Waals surface area contributed by atoms with Crippen LogP contribution in [0.1, 0.15) is 22.7 Å². The van der Waals surface area contributed by atoms with Crippen LogP contribution in [0.15, 0.2) is 65.3 Å². The summed E-state index contributed by atoms with van der Waals surface area (Å²) >= 11 is 3.16. The van der Waals surface area contributed by atoms with Gasteiger partial charge in [-0.1, -0.05) is 48.5 Å². The largest absolute Gasteiger partial charge is 0.505 e. The summed E-state index contributed by atoms with van der Waals surface area (Å²) in [5, 5.41) is 21.4. The number of amides is 1. The topological polar surface area (TPSA) is 109 Å². The smallest absolute Gasteiger partial charge is 0.407 e. The van der Waals surface area contributed by atoms with Gasteiger partial charge < -0.3 is 20.3 Å². The molecule has 3 aromatic rings. The van der Waals surface area contributed by atoms with Crippen LogP contribution in [0.4, 0.5) is 4.79 Å². The van der Waals surface area contributed by atoms with Crippen LogP contribution in [0.25, 0.3) is 11.1 Å². The Morgan fingerprint density at radius 3 is 2.29 bits per heavy atom. The van der Waals surface area contributed by atoms with Crippen molar-refractivity contribution in [1.82, 2.24) is 10.3 Å². The van der Waals surface area contributed by atoms with Crippen molar-refractivity contribution in [2.75, 3.05) is 6.61 Å². The molecule has 1 heterocycles. The molecule has 1 amide bonds.